The maximum Gasteiger partial charge on any atom is 0.416 e. The Bertz CT molecular complexity index is 1170. The van der Waals surface area contributed by atoms with Crippen molar-refractivity contribution in [1.82, 2.24) is 16.0 Å². The van der Waals surface area contributed by atoms with E-state index in [1.807, 2.05) is 0 Å². The van der Waals surface area contributed by atoms with E-state index in [0.29, 0.717) is 16.7 Å². The normalized spacial score (nSPS) is 20.1. The number of amides is 3. The Morgan fingerprint density at radius 3 is 2.21 bits per heavy atom. The van der Waals surface area contributed by atoms with E-state index in [9.17, 15) is 27.9 Å². The van der Waals surface area contributed by atoms with Gasteiger partial charge in [-0.2, -0.15) is 13.2 Å². The molecule has 4 rings (SSSR count). The molecule has 6 nitrogen and oxygen atoms in total. The van der Waals surface area contributed by atoms with Crippen LogP contribution < -0.4 is 16.0 Å². The Morgan fingerprint density at radius 2 is 1.61 bits per heavy atom. The lowest BCUT2D eigenvalue weighted by Crippen LogP contribution is -2.54. The average molecular weight is 455 g/mol. The van der Waals surface area contributed by atoms with Crippen LogP contribution in [0.15, 0.2) is 78.9 Å². The summed E-state index contributed by atoms with van der Waals surface area (Å²) in [4.78, 5) is 25.0. The van der Waals surface area contributed by atoms with E-state index in [2.05, 4.69) is 16.0 Å². The minimum absolute atomic E-state index is 0.128. The second-order valence-electron chi connectivity index (χ2n) is 7.64. The smallest absolute Gasteiger partial charge is 0.371 e. The highest BCUT2D eigenvalue weighted by Gasteiger charge is 2.47. The Balaban J connectivity index is 1.60. The first-order valence-corrected chi connectivity index (χ1v) is 10.1. The van der Waals surface area contributed by atoms with Crippen molar-refractivity contribution in [3.63, 3.8) is 0 Å². The predicted octanol–water partition coefficient (Wildman–Crippen LogP) is 3.63. The van der Waals surface area contributed by atoms with E-state index in [1.54, 1.807) is 54.6 Å². The van der Waals surface area contributed by atoms with Crippen molar-refractivity contribution in [3.8, 4) is 11.1 Å². The maximum atomic E-state index is 13.1. The van der Waals surface area contributed by atoms with Gasteiger partial charge in [0.15, 0.2) is 6.23 Å². The number of halogens is 3. The number of nitrogens with one attached hydrogen (secondary N) is 3. The Morgan fingerprint density at radius 1 is 0.970 bits per heavy atom. The molecule has 1 aliphatic rings. The summed E-state index contributed by atoms with van der Waals surface area (Å²) in [5, 5.41) is 18.3. The summed E-state index contributed by atoms with van der Waals surface area (Å²) in [6.07, 6.45) is -5.75. The third-order valence-electron chi connectivity index (χ3n) is 5.58. The summed E-state index contributed by atoms with van der Waals surface area (Å²) in [6, 6.07) is 19.2. The van der Waals surface area contributed by atoms with Crippen LogP contribution in [0.2, 0.25) is 0 Å². The average Bonchev–Trinajstić information content (AvgIpc) is 3.11. The van der Waals surface area contributed by atoms with Crippen molar-refractivity contribution in [1.29, 1.82) is 0 Å². The molecule has 0 aromatic heterocycles. The number of hydrogen-bond acceptors (Lipinski definition) is 3. The first kappa shape index (κ1) is 22.3. The minimum atomic E-state index is -4.46. The molecule has 2 atom stereocenters. The van der Waals surface area contributed by atoms with Gasteiger partial charge in [-0.1, -0.05) is 60.7 Å². The molecule has 1 aliphatic heterocycles. The van der Waals surface area contributed by atoms with E-state index in [4.69, 9.17) is 0 Å². The van der Waals surface area contributed by atoms with Crippen LogP contribution >= 0.6 is 0 Å². The lowest BCUT2D eigenvalue weighted by atomic mass is 9.88. The maximum absolute atomic E-state index is 13.1. The Hall–Kier alpha value is -3.85. The van der Waals surface area contributed by atoms with E-state index < -0.39 is 35.4 Å². The second kappa shape index (κ2) is 8.59. The first-order valence-electron chi connectivity index (χ1n) is 10.1. The van der Waals surface area contributed by atoms with Gasteiger partial charge in [0.25, 0.3) is 5.91 Å². The molecular weight excluding hydrogens is 435 g/mol. The van der Waals surface area contributed by atoms with Gasteiger partial charge >= 0.3 is 12.2 Å². The molecule has 0 bridgehead atoms. The van der Waals surface area contributed by atoms with E-state index >= 15 is 0 Å². The highest BCUT2D eigenvalue weighted by Crippen LogP contribution is 2.32. The molecule has 170 valence electrons. The quantitative estimate of drug-likeness (QED) is 0.474. The number of alkyl halides is 3. The van der Waals surface area contributed by atoms with Gasteiger partial charge in [0.2, 0.25) is 0 Å². The highest BCUT2D eigenvalue weighted by atomic mass is 19.4. The molecule has 0 saturated carbocycles. The van der Waals surface area contributed by atoms with Crippen LogP contribution in [-0.4, -0.2) is 29.8 Å². The SMILES string of the molecule is O=C1NC(O)C(CNC(=O)c2ccccc2-c2ccc(C(F)(F)F)cc2)(c2ccccc2)N1. The Labute approximate surface area is 187 Å². The standard InChI is InChI=1S/C24H20F3N3O3/c25-24(26,27)17-12-10-15(11-13-17)18-8-4-5-9-19(18)20(31)28-14-23(16-6-2-1-3-7-16)21(32)29-22(33)30-23/h1-13,21,32H,14H2,(H,28,31)(H2,29,30,33). The zero-order chi connectivity index (χ0) is 23.6. The summed E-state index contributed by atoms with van der Waals surface area (Å²) in [5.74, 6) is -0.505. The summed E-state index contributed by atoms with van der Waals surface area (Å²) in [6.45, 7) is -0.128. The molecule has 9 heteroatoms. The minimum Gasteiger partial charge on any atom is -0.371 e. The monoisotopic (exact) mass is 455 g/mol. The molecule has 1 heterocycles. The highest BCUT2D eigenvalue weighted by molar-refractivity contribution is 6.01. The second-order valence-corrected chi connectivity index (χ2v) is 7.64. The zero-order valence-corrected chi connectivity index (χ0v) is 17.2. The number of hydrogen-bond donors (Lipinski definition) is 4. The van der Waals surface area contributed by atoms with Crippen molar-refractivity contribution in [2.45, 2.75) is 17.9 Å². The number of carbonyl (C=O) groups is 2. The van der Waals surface area contributed by atoms with Crippen LogP contribution in [-0.2, 0) is 11.7 Å². The summed E-state index contributed by atoms with van der Waals surface area (Å²) in [5.41, 5.74) is -0.345. The molecule has 1 saturated heterocycles. The van der Waals surface area contributed by atoms with E-state index in [0.717, 1.165) is 12.1 Å². The lowest BCUT2D eigenvalue weighted by Gasteiger charge is -2.32. The lowest BCUT2D eigenvalue weighted by molar-refractivity contribution is -0.137. The largest absolute Gasteiger partial charge is 0.416 e. The number of rotatable bonds is 5. The van der Waals surface area contributed by atoms with Crippen LogP contribution in [0, 0.1) is 0 Å². The molecular formula is C24H20F3N3O3. The molecule has 1 fully saturated rings. The van der Waals surface area contributed by atoms with Crippen molar-refractivity contribution in [3.05, 3.63) is 95.6 Å². The molecule has 2 unspecified atom stereocenters. The summed E-state index contributed by atoms with van der Waals surface area (Å²) < 4.78 is 38.7. The van der Waals surface area contributed by atoms with Gasteiger partial charge in [-0.15, -0.1) is 0 Å². The molecule has 0 aliphatic carbocycles. The molecule has 3 amide bonds. The van der Waals surface area contributed by atoms with Gasteiger partial charge in [-0.3, -0.25) is 4.79 Å². The van der Waals surface area contributed by atoms with Gasteiger partial charge in [-0.25, -0.2) is 4.79 Å². The van der Waals surface area contributed by atoms with Crippen LogP contribution in [0.4, 0.5) is 18.0 Å². The molecule has 4 N–H and O–H groups in total. The van der Waals surface area contributed by atoms with Crippen molar-refractivity contribution < 1.29 is 27.9 Å². The molecule has 3 aromatic carbocycles. The fourth-order valence-electron chi connectivity index (χ4n) is 3.85. The number of carbonyl (C=O) groups excluding carboxylic acids is 2. The third kappa shape index (κ3) is 4.40. The molecule has 0 radical (unpaired) electrons. The fraction of sp³-hybridized carbons (Fsp3) is 0.167. The van der Waals surface area contributed by atoms with E-state index in [1.165, 1.54) is 12.1 Å². The zero-order valence-electron chi connectivity index (χ0n) is 17.2. The summed E-state index contributed by atoms with van der Waals surface area (Å²) in [7, 11) is 0. The van der Waals surface area contributed by atoms with Crippen LogP contribution in [0.5, 0.6) is 0 Å². The van der Waals surface area contributed by atoms with Gasteiger partial charge in [-0.05, 0) is 34.9 Å². The van der Waals surface area contributed by atoms with Gasteiger partial charge in [0, 0.05) is 12.1 Å². The van der Waals surface area contributed by atoms with Gasteiger partial charge in [0.1, 0.15) is 5.54 Å². The van der Waals surface area contributed by atoms with Crippen LogP contribution in [0.3, 0.4) is 0 Å². The fourth-order valence-corrected chi connectivity index (χ4v) is 3.85. The van der Waals surface area contributed by atoms with Crippen molar-refractivity contribution in [2.75, 3.05) is 6.54 Å². The third-order valence-corrected chi connectivity index (χ3v) is 5.58. The molecule has 33 heavy (non-hydrogen) atoms. The van der Waals surface area contributed by atoms with Crippen molar-refractivity contribution in [2.24, 2.45) is 0 Å². The number of aliphatic hydroxyl groups excluding tert-OH is 1. The van der Waals surface area contributed by atoms with Gasteiger partial charge < -0.3 is 21.1 Å². The van der Waals surface area contributed by atoms with Gasteiger partial charge in [0.05, 0.1) is 5.56 Å². The number of benzene rings is 3. The number of urea groups is 1. The van der Waals surface area contributed by atoms with Crippen LogP contribution in [0.25, 0.3) is 11.1 Å². The molecule has 0 spiro atoms. The topological polar surface area (TPSA) is 90.5 Å². The number of aliphatic hydroxyl groups is 1. The van der Waals surface area contributed by atoms with Crippen LogP contribution in [0.1, 0.15) is 21.5 Å². The summed E-state index contributed by atoms with van der Waals surface area (Å²) >= 11 is 0. The Kier molecular flexibility index (Phi) is 5.82. The molecule has 3 aromatic rings. The predicted molar refractivity (Wildman–Crippen MR) is 115 cm³/mol. The van der Waals surface area contributed by atoms with E-state index in [-0.39, 0.29) is 12.1 Å². The first-order chi connectivity index (χ1) is 15.7. The van der Waals surface area contributed by atoms with Crippen molar-refractivity contribution >= 4 is 11.9 Å².